The molecule has 100 valence electrons. The van der Waals surface area contributed by atoms with E-state index in [1.165, 1.54) is 58.3 Å². The van der Waals surface area contributed by atoms with Crippen LogP contribution in [0.5, 0.6) is 0 Å². The molecule has 0 saturated carbocycles. The lowest BCUT2D eigenvalue weighted by atomic mass is 9.76. The number of hydrogen-bond acceptors (Lipinski definition) is 3. The van der Waals surface area contributed by atoms with Gasteiger partial charge < -0.3 is 15.0 Å². The van der Waals surface area contributed by atoms with Crippen molar-refractivity contribution < 1.29 is 4.74 Å². The van der Waals surface area contributed by atoms with Gasteiger partial charge in [-0.25, -0.2) is 0 Å². The summed E-state index contributed by atoms with van der Waals surface area (Å²) < 4.78 is 5.52. The molecule has 2 aliphatic heterocycles. The molecule has 2 saturated heterocycles. The summed E-state index contributed by atoms with van der Waals surface area (Å²) in [5, 5.41) is 3.49. The summed E-state index contributed by atoms with van der Waals surface area (Å²) in [6.07, 6.45) is 7.03. The smallest absolute Gasteiger partial charge is 0.0698 e. The predicted octanol–water partition coefficient (Wildman–Crippen LogP) is 1.88. The Hall–Kier alpha value is -0.120. The molecular formula is C14H28N2O. The van der Waals surface area contributed by atoms with E-state index in [9.17, 15) is 0 Å². The Morgan fingerprint density at radius 2 is 2.12 bits per heavy atom. The largest absolute Gasteiger partial charge is 0.380 e. The Balaban J connectivity index is 1.88. The molecule has 2 fully saturated rings. The summed E-state index contributed by atoms with van der Waals surface area (Å²) in [4.78, 5) is 2.65. The summed E-state index contributed by atoms with van der Waals surface area (Å²) in [6.45, 7) is 8.47. The fourth-order valence-electron chi connectivity index (χ4n) is 3.40. The van der Waals surface area contributed by atoms with E-state index in [1.807, 2.05) is 7.11 Å². The second-order valence-corrected chi connectivity index (χ2v) is 5.84. The minimum atomic E-state index is 0.472. The highest BCUT2D eigenvalue weighted by Gasteiger charge is 2.33. The zero-order chi connectivity index (χ0) is 12.1. The van der Waals surface area contributed by atoms with Crippen LogP contribution in [0.2, 0.25) is 0 Å². The number of nitrogens with one attached hydrogen (secondary N) is 1. The molecular weight excluding hydrogens is 212 g/mol. The van der Waals surface area contributed by atoms with E-state index < -0.39 is 0 Å². The van der Waals surface area contributed by atoms with Crippen molar-refractivity contribution in [2.45, 2.75) is 45.1 Å². The van der Waals surface area contributed by atoms with Crippen molar-refractivity contribution in [2.24, 2.45) is 5.41 Å². The molecule has 0 aromatic carbocycles. The van der Waals surface area contributed by atoms with E-state index in [1.54, 1.807) is 0 Å². The molecule has 0 aromatic heterocycles. The van der Waals surface area contributed by atoms with E-state index in [4.69, 9.17) is 4.74 Å². The van der Waals surface area contributed by atoms with E-state index in [0.717, 1.165) is 6.54 Å². The van der Waals surface area contributed by atoms with Gasteiger partial charge in [0.05, 0.1) is 6.10 Å². The minimum Gasteiger partial charge on any atom is -0.380 e. The van der Waals surface area contributed by atoms with Gasteiger partial charge in [-0.15, -0.1) is 0 Å². The molecule has 0 spiro atoms. The van der Waals surface area contributed by atoms with E-state index in [2.05, 4.69) is 17.1 Å². The minimum absolute atomic E-state index is 0.472. The summed E-state index contributed by atoms with van der Waals surface area (Å²) in [5.41, 5.74) is 0.570. The van der Waals surface area contributed by atoms with Gasteiger partial charge in [-0.1, -0.05) is 6.92 Å². The fourth-order valence-corrected chi connectivity index (χ4v) is 3.40. The maximum absolute atomic E-state index is 5.52. The van der Waals surface area contributed by atoms with Crippen LogP contribution >= 0.6 is 0 Å². The summed E-state index contributed by atoms with van der Waals surface area (Å²) in [7, 11) is 1.86. The van der Waals surface area contributed by atoms with Gasteiger partial charge in [-0.3, -0.25) is 0 Å². The Kier molecular flexibility index (Phi) is 4.83. The first-order chi connectivity index (χ1) is 8.28. The molecule has 0 radical (unpaired) electrons. The Labute approximate surface area is 106 Å². The second-order valence-electron chi connectivity index (χ2n) is 5.84. The van der Waals surface area contributed by atoms with Gasteiger partial charge in [-0.2, -0.15) is 0 Å². The van der Waals surface area contributed by atoms with Crippen LogP contribution in [-0.4, -0.2) is 50.8 Å². The zero-order valence-electron chi connectivity index (χ0n) is 11.5. The lowest BCUT2D eigenvalue weighted by Gasteiger charge is -2.43. The average molecular weight is 240 g/mol. The first-order valence-corrected chi connectivity index (χ1v) is 7.24. The monoisotopic (exact) mass is 240 g/mol. The van der Waals surface area contributed by atoms with E-state index >= 15 is 0 Å². The number of piperidine rings is 2. The van der Waals surface area contributed by atoms with Crippen molar-refractivity contribution in [2.75, 3.05) is 39.8 Å². The topological polar surface area (TPSA) is 24.5 Å². The van der Waals surface area contributed by atoms with Gasteiger partial charge in [0.15, 0.2) is 0 Å². The molecule has 0 aromatic rings. The standard InChI is InChI=1S/C14H28N2O/c1-3-14(6-8-15-9-7-14)12-16-10-4-5-13(11-16)17-2/h13,15H,3-12H2,1-2H3. The molecule has 1 N–H and O–H groups in total. The first-order valence-electron chi connectivity index (χ1n) is 7.24. The molecule has 2 rings (SSSR count). The highest BCUT2D eigenvalue weighted by atomic mass is 16.5. The lowest BCUT2D eigenvalue weighted by molar-refractivity contribution is 0.00713. The first kappa shape index (κ1) is 13.3. The van der Waals surface area contributed by atoms with Gasteiger partial charge in [0.1, 0.15) is 0 Å². The van der Waals surface area contributed by atoms with Gasteiger partial charge in [0.25, 0.3) is 0 Å². The van der Waals surface area contributed by atoms with Crippen LogP contribution in [0.15, 0.2) is 0 Å². The number of ether oxygens (including phenoxy) is 1. The normalized spacial score (nSPS) is 30.4. The highest BCUT2D eigenvalue weighted by Crippen LogP contribution is 2.34. The van der Waals surface area contributed by atoms with Gasteiger partial charge >= 0.3 is 0 Å². The van der Waals surface area contributed by atoms with E-state index in [-0.39, 0.29) is 0 Å². The third-order valence-corrected chi connectivity index (χ3v) is 4.77. The SMILES string of the molecule is CCC1(CN2CCCC(OC)C2)CCNCC1. The second kappa shape index (κ2) is 6.17. The van der Waals surface area contributed by atoms with Crippen molar-refractivity contribution in [3.63, 3.8) is 0 Å². The van der Waals surface area contributed by atoms with Crippen LogP contribution in [0.25, 0.3) is 0 Å². The summed E-state index contributed by atoms with van der Waals surface area (Å²) in [5.74, 6) is 0. The van der Waals surface area contributed by atoms with Gasteiger partial charge in [-0.05, 0) is 57.2 Å². The van der Waals surface area contributed by atoms with Crippen LogP contribution in [0.3, 0.4) is 0 Å². The lowest BCUT2D eigenvalue weighted by Crippen LogP contribution is -2.48. The fraction of sp³-hybridized carbons (Fsp3) is 1.00. The van der Waals surface area contributed by atoms with Gasteiger partial charge in [0.2, 0.25) is 0 Å². The molecule has 2 aliphatic rings. The zero-order valence-corrected chi connectivity index (χ0v) is 11.5. The third kappa shape index (κ3) is 3.43. The molecule has 0 aliphatic carbocycles. The summed E-state index contributed by atoms with van der Waals surface area (Å²) >= 11 is 0. The predicted molar refractivity (Wildman–Crippen MR) is 71.3 cm³/mol. The molecule has 0 bridgehead atoms. The quantitative estimate of drug-likeness (QED) is 0.812. The van der Waals surface area contributed by atoms with Crippen molar-refractivity contribution in [3.8, 4) is 0 Å². The molecule has 1 atom stereocenters. The number of hydrogen-bond donors (Lipinski definition) is 1. The van der Waals surface area contributed by atoms with Crippen LogP contribution in [0.4, 0.5) is 0 Å². The van der Waals surface area contributed by atoms with E-state index in [0.29, 0.717) is 11.5 Å². The Morgan fingerprint density at radius 1 is 1.35 bits per heavy atom. The molecule has 0 amide bonds. The third-order valence-electron chi connectivity index (χ3n) is 4.77. The van der Waals surface area contributed by atoms with Crippen molar-refractivity contribution >= 4 is 0 Å². The molecule has 17 heavy (non-hydrogen) atoms. The maximum Gasteiger partial charge on any atom is 0.0698 e. The van der Waals surface area contributed by atoms with Crippen molar-refractivity contribution in [1.29, 1.82) is 0 Å². The number of likely N-dealkylation sites (tertiary alicyclic amines) is 1. The van der Waals surface area contributed by atoms with Crippen LogP contribution in [0, 0.1) is 5.41 Å². The number of rotatable bonds is 4. The molecule has 1 unspecified atom stereocenters. The van der Waals surface area contributed by atoms with Crippen molar-refractivity contribution in [3.05, 3.63) is 0 Å². The van der Waals surface area contributed by atoms with Crippen LogP contribution in [0.1, 0.15) is 39.0 Å². The van der Waals surface area contributed by atoms with Gasteiger partial charge in [0, 0.05) is 20.2 Å². The Bertz CT molecular complexity index is 226. The summed E-state index contributed by atoms with van der Waals surface area (Å²) in [6, 6.07) is 0. The number of methoxy groups -OCH3 is 1. The van der Waals surface area contributed by atoms with Crippen LogP contribution < -0.4 is 5.32 Å². The molecule has 3 nitrogen and oxygen atoms in total. The Morgan fingerprint density at radius 3 is 2.76 bits per heavy atom. The highest BCUT2D eigenvalue weighted by molar-refractivity contribution is 4.88. The molecule has 2 heterocycles. The average Bonchev–Trinajstić information content (AvgIpc) is 2.40. The number of nitrogens with zero attached hydrogens (tertiary/aromatic N) is 1. The maximum atomic E-state index is 5.52. The molecule has 3 heteroatoms. The van der Waals surface area contributed by atoms with Crippen LogP contribution in [-0.2, 0) is 4.74 Å². The van der Waals surface area contributed by atoms with Crippen molar-refractivity contribution in [1.82, 2.24) is 10.2 Å².